The van der Waals surface area contributed by atoms with Gasteiger partial charge < -0.3 is 15.7 Å². The van der Waals surface area contributed by atoms with Crippen molar-refractivity contribution in [1.29, 1.82) is 0 Å². The summed E-state index contributed by atoms with van der Waals surface area (Å²) in [5, 5.41) is 8.87. The largest absolute Gasteiger partial charge is 0.481 e. The molecule has 1 aromatic rings. The molecule has 1 amide bonds. The van der Waals surface area contributed by atoms with Gasteiger partial charge in [-0.3, -0.25) is 9.59 Å². The molecule has 104 valence electrons. The van der Waals surface area contributed by atoms with Crippen LogP contribution in [0.25, 0.3) is 0 Å². The van der Waals surface area contributed by atoms with E-state index in [-0.39, 0.29) is 12.5 Å². The van der Waals surface area contributed by atoms with Gasteiger partial charge in [0, 0.05) is 18.3 Å². The van der Waals surface area contributed by atoms with Gasteiger partial charge in [0.05, 0.1) is 12.0 Å². The average molecular weight is 265 g/mol. The molecule has 0 spiro atoms. The molecule has 0 bridgehead atoms. The molecule has 6 heteroatoms. The molecule has 0 aliphatic carbocycles. The Morgan fingerprint density at radius 1 is 1.47 bits per heavy atom. The van der Waals surface area contributed by atoms with Crippen LogP contribution in [0.5, 0.6) is 0 Å². The quantitative estimate of drug-likeness (QED) is 0.805. The Morgan fingerprint density at radius 3 is 2.58 bits per heavy atom. The second-order valence-electron chi connectivity index (χ2n) is 4.42. The lowest BCUT2D eigenvalue weighted by atomic mass is 10.1. The SMILES string of the molecule is CCN(c1nc(C)ccc1C(N)=O)C(C)CC(=O)O. The number of hydrogen-bond acceptors (Lipinski definition) is 4. The first-order valence-corrected chi connectivity index (χ1v) is 6.12. The second kappa shape index (κ2) is 6.17. The zero-order chi connectivity index (χ0) is 14.6. The number of carbonyl (C=O) groups excluding carboxylic acids is 1. The first-order chi connectivity index (χ1) is 8.86. The van der Waals surface area contributed by atoms with E-state index in [0.717, 1.165) is 5.69 Å². The summed E-state index contributed by atoms with van der Waals surface area (Å²) < 4.78 is 0. The molecule has 6 nitrogen and oxygen atoms in total. The number of nitrogens with two attached hydrogens (primary N) is 1. The van der Waals surface area contributed by atoms with Crippen molar-refractivity contribution in [3.05, 3.63) is 23.4 Å². The third kappa shape index (κ3) is 3.67. The van der Waals surface area contributed by atoms with Crippen LogP contribution in [0.3, 0.4) is 0 Å². The Bertz CT molecular complexity index is 488. The molecule has 1 atom stereocenters. The van der Waals surface area contributed by atoms with Crippen LogP contribution < -0.4 is 10.6 Å². The molecule has 0 radical (unpaired) electrons. The first kappa shape index (κ1) is 14.9. The summed E-state index contributed by atoms with van der Waals surface area (Å²) in [6.45, 7) is 6.02. The highest BCUT2D eigenvalue weighted by Crippen LogP contribution is 2.21. The first-order valence-electron chi connectivity index (χ1n) is 6.12. The van der Waals surface area contributed by atoms with Crippen LogP contribution in [-0.2, 0) is 4.79 Å². The Labute approximate surface area is 112 Å². The van der Waals surface area contributed by atoms with Crippen LogP contribution in [0.15, 0.2) is 12.1 Å². The number of primary amides is 1. The third-order valence-corrected chi connectivity index (χ3v) is 2.89. The van der Waals surface area contributed by atoms with Gasteiger partial charge in [0.2, 0.25) is 0 Å². The monoisotopic (exact) mass is 265 g/mol. The van der Waals surface area contributed by atoms with Crippen molar-refractivity contribution in [1.82, 2.24) is 4.98 Å². The average Bonchev–Trinajstić information content (AvgIpc) is 2.28. The second-order valence-corrected chi connectivity index (χ2v) is 4.42. The summed E-state index contributed by atoms with van der Waals surface area (Å²) in [5.41, 5.74) is 6.40. The van der Waals surface area contributed by atoms with E-state index in [9.17, 15) is 9.59 Å². The van der Waals surface area contributed by atoms with Crippen molar-refractivity contribution in [2.45, 2.75) is 33.2 Å². The number of carboxylic acids is 1. The number of aliphatic carboxylic acids is 1. The predicted molar refractivity (Wildman–Crippen MR) is 72.2 cm³/mol. The van der Waals surface area contributed by atoms with Crippen LogP contribution in [0, 0.1) is 6.92 Å². The van der Waals surface area contributed by atoms with Gasteiger partial charge in [0.25, 0.3) is 5.91 Å². The van der Waals surface area contributed by atoms with E-state index in [0.29, 0.717) is 17.9 Å². The summed E-state index contributed by atoms with van der Waals surface area (Å²) in [4.78, 5) is 28.4. The Morgan fingerprint density at radius 2 is 2.11 bits per heavy atom. The minimum Gasteiger partial charge on any atom is -0.481 e. The Hall–Kier alpha value is -2.11. The Kier molecular flexibility index (Phi) is 4.86. The van der Waals surface area contributed by atoms with E-state index in [4.69, 9.17) is 10.8 Å². The van der Waals surface area contributed by atoms with E-state index < -0.39 is 11.9 Å². The third-order valence-electron chi connectivity index (χ3n) is 2.89. The van der Waals surface area contributed by atoms with Gasteiger partial charge in [-0.2, -0.15) is 0 Å². The molecule has 0 aliphatic rings. The van der Waals surface area contributed by atoms with Crippen LogP contribution in [0.2, 0.25) is 0 Å². The molecule has 1 aromatic heterocycles. The number of hydrogen-bond donors (Lipinski definition) is 2. The van der Waals surface area contributed by atoms with E-state index in [1.54, 1.807) is 24.0 Å². The molecule has 1 rings (SSSR count). The van der Waals surface area contributed by atoms with Gasteiger partial charge >= 0.3 is 5.97 Å². The fraction of sp³-hybridized carbons (Fsp3) is 0.462. The van der Waals surface area contributed by atoms with E-state index in [2.05, 4.69) is 4.98 Å². The highest BCUT2D eigenvalue weighted by Gasteiger charge is 2.21. The van der Waals surface area contributed by atoms with E-state index in [1.165, 1.54) is 0 Å². The topological polar surface area (TPSA) is 96.5 Å². The number of pyridine rings is 1. The zero-order valence-corrected chi connectivity index (χ0v) is 11.4. The van der Waals surface area contributed by atoms with Crippen molar-refractivity contribution in [3.63, 3.8) is 0 Å². The lowest BCUT2D eigenvalue weighted by molar-refractivity contribution is -0.137. The molecule has 0 saturated carbocycles. The molecule has 1 heterocycles. The Balaban J connectivity index is 3.19. The number of aromatic nitrogens is 1. The number of nitrogens with zero attached hydrogens (tertiary/aromatic N) is 2. The molecule has 3 N–H and O–H groups in total. The fourth-order valence-corrected chi connectivity index (χ4v) is 1.99. The smallest absolute Gasteiger partial charge is 0.305 e. The molecular weight excluding hydrogens is 246 g/mol. The van der Waals surface area contributed by atoms with Gasteiger partial charge in [-0.05, 0) is 32.9 Å². The van der Waals surface area contributed by atoms with Crippen molar-refractivity contribution < 1.29 is 14.7 Å². The van der Waals surface area contributed by atoms with Crippen LogP contribution >= 0.6 is 0 Å². The van der Waals surface area contributed by atoms with E-state index >= 15 is 0 Å². The van der Waals surface area contributed by atoms with Gasteiger partial charge in [0.15, 0.2) is 0 Å². The maximum absolute atomic E-state index is 11.4. The lowest BCUT2D eigenvalue weighted by Gasteiger charge is -2.29. The number of carboxylic acid groups (broad SMARTS) is 1. The van der Waals surface area contributed by atoms with Crippen LogP contribution in [0.4, 0.5) is 5.82 Å². The maximum Gasteiger partial charge on any atom is 0.305 e. The maximum atomic E-state index is 11.4. The number of amides is 1. The molecule has 0 fully saturated rings. The summed E-state index contributed by atoms with van der Waals surface area (Å²) in [6, 6.07) is 3.06. The van der Waals surface area contributed by atoms with Crippen molar-refractivity contribution in [2.75, 3.05) is 11.4 Å². The van der Waals surface area contributed by atoms with Gasteiger partial charge in [-0.15, -0.1) is 0 Å². The lowest BCUT2D eigenvalue weighted by Crippen LogP contribution is -2.37. The highest BCUT2D eigenvalue weighted by atomic mass is 16.4. The number of aryl methyl sites for hydroxylation is 1. The summed E-state index contributed by atoms with van der Waals surface area (Å²) in [5.74, 6) is -1.01. The number of rotatable bonds is 6. The molecule has 0 aromatic carbocycles. The predicted octanol–water partition coefficient (Wildman–Crippen LogP) is 1.18. The van der Waals surface area contributed by atoms with Gasteiger partial charge in [-0.1, -0.05) is 0 Å². The minimum absolute atomic E-state index is 0.0261. The normalized spacial score (nSPS) is 11.9. The summed E-state index contributed by atoms with van der Waals surface area (Å²) in [6.07, 6.45) is -0.0261. The minimum atomic E-state index is -0.890. The molecule has 0 aliphatic heterocycles. The van der Waals surface area contributed by atoms with Crippen molar-refractivity contribution >= 4 is 17.7 Å². The zero-order valence-electron chi connectivity index (χ0n) is 11.4. The summed E-state index contributed by atoms with van der Waals surface area (Å²) in [7, 11) is 0. The van der Waals surface area contributed by atoms with E-state index in [1.807, 2.05) is 13.8 Å². The fourth-order valence-electron chi connectivity index (χ4n) is 1.99. The number of anilines is 1. The van der Waals surface area contributed by atoms with Crippen molar-refractivity contribution in [2.24, 2.45) is 5.73 Å². The molecule has 0 saturated heterocycles. The molecule has 1 unspecified atom stereocenters. The van der Waals surface area contributed by atoms with Crippen molar-refractivity contribution in [3.8, 4) is 0 Å². The van der Waals surface area contributed by atoms with Gasteiger partial charge in [0.1, 0.15) is 5.82 Å². The van der Waals surface area contributed by atoms with Crippen LogP contribution in [0.1, 0.15) is 36.3 Å². The van der Waals surface area contributed by atoms with Crippen LogP contribution in [-0.4, -0.2) is 34.6 Å². The summed E-state index contributed by atoms with van der Waals surface area (Å²) >= 11 is 0. The standard InChI is InChI=1S/C13H19N3O3/c1-4-16(9(3)7-11(17)18)13-10(12(14)19)6-5-8(2)15-13/h5-6,9H,4,7H2,1-3H3,(H2,14,19)(H,17,18). The van der Waals surface area contributed by atoms with Gasteiger partial charge in [-0.25, -0.2) is 4.98 Å². The highest BCUT2D eigenvalue weighted by molar-refractivity contribution is 5.97. The number of carbonyl (C=O) groups is 2. The molecule has 19 heavy (non-hydrogen) atoms. The molecular formula is C13H19N3O3.